The molecule has 36 heavy (non-hydrogen) atoms. The van der Waals surface area contributed by atoms with E-state index >= 15 is 0 Å². The van der Waals surface area contributed by atoms with Crippen LogP contribution in [0.2, 0.25) is 0 Å². The summed E-state index contributed by atoms with van der Waals surface area (Å²) in [7, 11) is 1.66. The van der Waals surface area contributed by atoms with Crippen molar-refractivity contribution in [1.82, 2.24) is 20.4 Å². The molecule has 0 spiro atoms. The van der Waals surface area contributed by atoms with Crippen LogP contribution < -0.4 is 10.1 Å². The Bertz CT molecular complexity index is 1090. The zero-order valence-corrected chi connectivity index (χ0v) is 23.2. The van der Waals surface area contributed by atoms with Gasteiger partial charge in [0, 0.05) is 37.2 Å². The van der Waals surface area contributed by atoms with Crippen LogP contribution in [0.15, 0.2) is 22.7 Å². The van der Waals surface area contributed by atoms with Gasteiger partial charge in [0.1, 0.15) is 18.5 Å². The van der Waals surface area contributed by atoms with Crippen molar-refractivity contribution in [2.24, 2.45) is 0 Å². The minimum absolute atomic E-state index is 0.215. The number of rotatable bonds is 15. The number of aliphatic hydroxyl groups is 1. The van der Waals surface area contributed by atoms with Crippen molar-refractivity contribution >= 4 is 11.3 Å². The average Bonchev–Trinajstić information content (AvgIpc) is 3.51. The average molecular weight is 517 g/mol. The van der Waals surface area contributed by atoms with Crippen LogP contribution in [0.1, 0.15) is 42.3 Å². The molecule has 0 aliphatic heterocycles. The number of hydrogen-bond acceptors (Lipinski definition) is 9. The number of aryl methyl sites for hydroxylation is 3. The number of aromatic nitrogens is 2. The Kier molecular flexibility index (Phi) is 10.9. The number of nitrogens with one attached hydrogen (secondary N) is 1. The summed E-state index contributed by atoms with van der Waals surface area (Å²) in [6, 6.07) is 6.19. The third-order valence-electron chi connectivity index (χ3n) is 6.19. The Labute approximate surface area is 218 Å². The first-order chi connectivity index (χ1) is 17.4. The van der Waals surface area contributed by atoms with Gasteiger partial charge in [0.05, 0.1) is 11.5 Å². The summed E-state index contributed by atoms with van der Waals surface area (Å²) in [4.78, 5) is 9.44. The predicted molar refractivity (Wildman–Crippen MR) is 145 cm³/mol. The van der Waals surface area contributed by atoms with E-state index in [0.717, 1.165) is 53.4 Å². The van der Waals surface area contributed by atoms with Gasteiger partial charge in [0.15, 0.2) is 0 Å². The molecule has 0 radical (unpaired) electrons. The number of ether oxygens (including phenoxy) is 2. The van der Waals surface area contributed by atoms with Gasteiger partial charge in [-0.1, -0.05) is 25.9 Å². The fourth-order valence-electron chi connectivity index (χ4n) is 4.00. The normalized spacial score (nSPS) is 12.4. The SMILES string of the molecule is CCc1cc(-c2noc(-c3cc(C)c(CN(CC)CC)s3)n2)cc(C)c1OC[C@@H](O)CNCCOC. The van der Waals surface area contributed by atoms with E-state index in [4.69, 9.17) is 19.0 Å². The Morgan fingerprint density at radius 1 is 1.14 bits per heavy atom. The molecule has 9 heteroatoms. The van der Waals surface area contributed by atoms with Gasteiger partial charge in [0.2, 0.25) is 5.82 Å². The molecule has 1 atom stereocenters. The number of thiophene rings is 1. The Hall–Kier alpha value is -2.30. The maximum absolute atomic E-state index is 10.2. The number of hydrogen-bond donors (Lipinski definition) is 2. The first-order valence-electron chi connectivity index (χ1n) is 12.7. The van der Waals surface area contributed by atoms with Gasteiger partial charge < -0.3 is 24.4 Å². The molecule has 0 unspecified atom stereocenters. The number of aliphatic hydroxyl groups excluding tert-OH is 1. The van der Waals surface area contributed by atoms with Crippen molar-refractivity contribution < 1.29 is 19.1 Å². The van der Waals surface area contributed by atoms with Gasteiger partial charge in [-0.15, -0.1) is 11.3 Å². The molecule has 3 aromatic rings. The first-order valence-corrected chi connectivity index (χ1v) is 13.5. The van der Waals surface area contributed by atoms with Crippen molar-refractivity contribution in [3.05, 3.63) is 39.8 Å². The number of methoxy groups -OCH3 is 1. The lowest BCUT2D eigenvalue weighted by Gasteiger charge is -2.17. The second-order valence-electron chi connectivity index (χ2n) is 8.90. The standard InChI is InChI=1S/C27H40N4O4S/c1-7-20-14-21(12-19(5)25(20)34-17-22(32)15-28-10-11-33-6)26-29-27(35-30-26)23-13-18(4)24(36-23)16-31(8-2)9-3/h12-14,22,28,32H,7-11,15-17H2,1-6H3/t22-/m0/s1. The zero-order valence-electron chi connectivity index (χ0n) is 22.4. The van der Waals surface area contributed by atoms with Crippen LogP contribution in [0.25, 0.3) is 22.2 Å². The van der Waals surface area contributed by atoms with Gasteiger partial charge in [-0.05, 0) is 68.2 Å². The van der Waals surface area contributed by atoms with Crippen LogP contribution >= 0.6 is 11.3 Å². The summed E-state index contributed by atoms with van der Waals surface area (Å²) in [6.07, 6.45) is 0.182. The zero-order chi connectivity index (χ0) is 26.1. The van der Waals surface area contributed by atoms with Crippen LogP contribution in [0, 0.1) is 13.8 Å². The molecular formula is C27H40N4O4S. The largest absolute Gasteiger partial charge is 0.490 e. The van der Waals surface area contributed by atoms with Gasteiger partial charge in [-0.3, -0.25) is 4.90 Å². The van der Waals surface area contributed by atoms with Crippen molar-refractivity contribution in [2.75, 3.05) is 46.5 Å². The lowest BCUT2D eigenvalue weighted by molar-refractivity contribution is 0.103. The molecule has 2 heterocycles. The highest BCUT2D eigenvalue weighted by atomic mass is 32.1. The van der Waals surface area contributed by atoms with Crippen LogP contribution in [0.5, 0.6) is 5.75 Å². The van der Waals surface area contributed by atoms with Gasteiger partial charge in [-0.2, -0.15) is 4.98 Å². The van der Waals surface area contributed by atoms with E-state index in [9.17, 15) is 5.11 Å². The van der Waals surface area contributed by atoms with Crippen LogP contribution in [-0.4, -0.2) is 72.8 Å². The quantitative estimate of drug-likeness (QED) is 0.286. The lowest BCUT2D eigenvalue weighted by atomic mass is 10.0. The van der Waals surface area contributed by atoms with E-state index in [1.165, 1.54) is 10.4 Å². The number of benzene rings is 1. The summed E-state index contributed by atoms with van der Waals surface area (Å²) >= 11 is 1.72. The Morgan fingerprint density at radius 3 is 2.61 bits per heavy atom. The molecule has 0 aliphatic carbocycles. The first kappa shape index (κ1) is 28.3. The molecule has 0 fully saturated rings. The van der Waals surface area contributed by atoms with Gasteiger partial charge in [0.25, 0.3) is 5.89 Å². The molecule has 0 amide bonds. The van der Waals surface area contributed by atoms with E-state index in [1.54, 1.807) is 18.4 Å². The highest BCUT2D eigenvalue weighted by Gasteiger charge is 2.18. The summed E-state index contributed by atoms with van der Waals surface area (Å²) in [6.45, 7) is 15.5. The van der Waals surface area contributed by atoms with E-state index in [0.29, 0.717) is 31.4 Å². The van der Waals surface area contributed by atoms with E-state index in [2.05, 4.69) is 49.1 Å². The minimum atomic E-state index is -0.605. The van der Waals surface area contributed by atoms with Crippen molar-refractivity contribution in [3.63, 3.8) is 0 Å². The Morgan fingerprint density at radius 2 is 1.92 bits per heavy atom. The molecule has 0 bridgehead atoms. The fourth-order valence-corrected chi connectivity index (χ4v) is 5.14. The lowest BCUT2D eigenvalue weighted by Crippen LogP contribution is -2.33. The van der Waals surface area contributed by atoms with E-state index < -0.39 is 6.10 Å². The van der Waals surface area contributed by atoms with Crippen LogP contribution in [0.3, 0.4) is 0 Å². The van der Waals surface area contributed by atoms with Crippen LogP contribution in [-0.2, 0) is 17.7 Å². The van der Waals surface area contributed by atoms with Gasteiger partial charge in [-0.25, -0.2) is 0 Å². The van der Waals surface area contributed by atoms with Crippen LogP contribution in [0.4, 0.5) is 0 Å². The molecule has 2 aromatic heterocycles. The number of nitrogens with zero attached hydrogens (tertiary/aromatic N) is 3. The minimum Gasteiger partial charge on any atom is -0.490 e. The second-order valence-corrected chi connectivity index (χ2v) is 10.0. The molecule has 0 saturated heterocycles. The molecule has 0 aliphatic rings. The smallest absolute Gasteiger partial charge is 0.268 e. The molecule has 198 valence electrons. The third-order valence-corrected chi connectivity index (χ3v) is 7.40. The fraction of sp³-hybridized carbons (Fsp3) is 0.556. The van der Waals surface area contributed by atoms with Crippen molar-refractivity contribution in [2.45, 2.75) is 53.7 Å². The molecule has 0 saturated carbocycles. The molecular weight excluding hydrogens is 476 g/mol. The van der Waals surface area contributed by atoms with Crippen molar-refractivity contribution in [3.8, 4) is 27.9 Å². The maximum atomic E-state index is 10.2. The molecule has 3 rings (SSSR count). The topological polar surface area (TPSA) is 92.9 Å². The van der Waals surface area contributed by atoms with E-state index in [1.807, 2.05) is 19.1 Å². The highest BCUT2D eigenvalue weighted by molar-refractivity contribution is 7.15. The second kappa shape index (κ2) is 13.9. The summed E-state index contributed by atoms with van der Waals surface area (Å²) < 4.78 is 16.7. The predicted octanol–water partition coefficient (Wildman–Crippen LogP) is 4.46. The Balaban J connectivity index is 1.72. The molecule has 8 nitrogen and oxygen atoms in total. The van der Waals surface area contributed by atoms with Crippen molar-refractivity contribution in [1.29, 1.82) is 0 Å². The maximum Gasteiger partial charge on any atom is 0.268 e. The summed E-state index contributed by atoms with van der Waals surface area (Å²) in [5.74, 6) is 1.91. The molecule has 1 aromatic carbocycles. The van der Waals surface area contributed by atoms with Gasteiger partial charge >= 0.3 is 0 Å². The monoisotopic (exact) mass is 516 g/mol. The summed E-state index contributed by atoms with van der Waals surface area (Å²) in [5, 5.41) is 17.7. The third kappa shape index (κ3) is 7.36. The molecule has 2 N–H and O–H groups in total. The highest BCUT2D eigenvalue weighted by Crippen LogP contribution is 2.34. The van der Waals surface area contributed by atoms with E-state index in [-0.39, 0.29) is 6.61 Å². The summed E-state index contributed by atoms with van der Waals surface area (Å²) in [5.41, 5.74) is 4.17.